The topological polar surface area (TPSA) is 64.3 Å². The van der Waals surface area contributed by atoms with Gasteiger partial charge in [0.1, 0.15) is 0 Å². The number of carbonyl (C=O) groups excluding carboxylic acids is 1. The Morgan fingerprint density at radius 3 is 2.50 bits per heavy atom. The first-order valence-electron chi connectivity index (χ1n) is 6.02. The number of hydrogen-bond acceptors (Lipinski definition) is 4. The second-order valence-electron chi connectivity index (χ2n) is 4.33. The number of halogens is 1. The Labute approximate surface area is 116 Å². The molecule has 3 N–H and O–H groups in total. The molecule has 0 saturated heterocycles. The maximum absolute atomic E-state index is 13.3. The van der Waals surface area contributed by atoms with Crippen LogP contribution in [0.1, 0.15) is 17.3 Å². The van der Waals surface area contributed by atoms with Crippen LogP contribution in [0.5, 0.6) is 5.75 Å². The van der Waals surface area contributed by atoms with Crippen molar-refractivity contribution in [3.05, 3.63) is 47.8 Å². The smallest absolute Gasteiger partial charge is 0.165 e. The molecule has 0 saturated carbocycles. The van der Waals surface area contributed by atoms with Crippen LogP contribution >= 0.6 is 0 Å². The maximum Gasteiger partial charge on any atom is 0.165 e. The number of ketones is 1. The van der Waals surface area contributed by atoms with Crippen molar-refractivity contribution in [1.82, 2.24) is 0 Å². The predicted octanol–water partition coefficient (Wildman–Crippen LogP) is 3.36. The fourth-order valence-electron chi connectivity index (χ4n) is 1.84. The number of methoxy groups -OCH3 is 1. The molecule has 2 aromatic rings. The largest absolute Gasteiger partial charge is 0.494 e. The number of ether oxygens (including phenoxy) is 1. The average Bonchev–Trinajstić information content (AvgIpc) is 2.42. The van der Waals surface area contributed by atoms with E-state index in [-0.39, 0.29) is 11.5 Å². The van der Waals surface area contributed by atoms with Crippen LogP contribution in [-0.4, -0.2) is 12.9 Å². The normalized spacial score (nSPS) is 10.2. The van der Waals surface area contributed by atoms with Crippen LogP contribution in [-0.2, 0) is 0 Å². The Kier molecular flexibility index (Phi) is 3.89. The van der Waals surface area contributed by atoms with Crippen molar-refractivity contribution in [3.8, 4) is 5.75 Å². The minimum atomic E-state index is -0.431. The van der Waals surface area contributed by atoms with Gasteiger partial charge >= 0.3 is 0 Å². The standard InChI is InChI=1S/C15H15FN2O2/c1-9(19)12-7-10(4-6-14(12)17)18-11-3-5-13(16)15(8-11)20-2/h3-8,18H,17H2,1-2H3. The van der Waals surface area contributed by atoms with Crippen LogP contribution < -0.4 is 15.8 Å². The molecule has 104 valence electrons. The monoisotopic (exact) mass is 274 g/mol. The van der Waals surface area contributed by atoms with Gasteiger partial charge in [0.25, 0.3) is 0 Å². The summed E-state index contributed by atoms with van der Waals surface area (Å²) < 4.78 is 18.2. The number of benzene rings is 2. The van der Waals surface area contributed by atoms with Gasteiger partial charge in [-0.15, -0.1) is 0 Å². The zero-order chi connectivity index (χ0) is 14.7. The van der Waals surface area contributed by atoms with Gasteiger partial charge in [-0.25, -0.2) is 4.39 Å². The Morgan fingerprint density at radius 1 is 1.20 bits per heavy atom. The number of rotatable bonds is 4. The third kappa shape index (κ3) is 2.88. The van der Waals surface area contributed by atoms with Crippen molar-refractivity contribution in [2.24, 2.45) is 0 Å². The summed E-state index contributed by atoms with van der Waals surface area (Å²) in [5, 5.41) is 3.07. The fraction of sp³-hybridized carbons (Fsp3) is 0.133. The molecular weight excluding hydrogens is 259 g/mol. The third-order valence-corrected chi connectivity index (χ3v) is 2.87. The number of anilines is 3. The molecule has 0 radical (unpaired) electrons. The summed E-state index contributed by atoms with van der Waals surface area (Å²) in [7, 11) is 1.40. The number of nitrogens with two attached hydrogens (primary N) is 1. The molecule has 0 aromatic heterocycles. The number of carbonyl (C=O) groups is 1. The first-order chi connectivity index (χ1) is 9.51. The Bertz CT molecular complexity index is 656. The lowest BCUT2D eigenvalue weighted by atomic mass is 10.1. The van der Waals surface area contributed by atoms with Crippen LogP contribution in [0.4, 0.5) is 21.5 Å². The van der Waals surface area contributed by atoms with E-state index in [4.69, 9.17) is 10.5 Å². The van der Waals surface area contributed by atoms with Crippen LogP contribution in [0.25, 0.3) is 0 Å². The summed E-state index contributed by atoms with van der Waals surface area (Å²) in [6.07, 6.45) is 0. The van der Waals surface area contributed by atoms with E-state index in [0.717, 1.165) is 0 Å². The van der Waals surface area contributed by atoms with Gasteiger partial charge in [-0.3, -0.25) is 4.79 Å². The van der Waals surface area contributed by atoms with Crippen molar-refractivity contribution >= 4 is 22.8 Å². The number of hydrogen-bond donors (Lipinski definition) is 2. The number of nitrogens with one attached hydrogen (secondary N) is 1. The third-order valence-electron chi connectivity index (χ3n) is 2.87. The van der Waals surface area contributed by atoms with E-state index in [9.17, 15) is 9.18 Å². The van der Waals surface area contributed by atoms with Gasteiger partial charge in [0.05, 0.1) is 7.11 Å². The van der Waals surface area contributed by atoms with Crippen LogP contribution in [0.3, 0.4) is 0 Å². The van der Waals surface area contributed by atoms with E-state index in [1.165, 1.54) is 20.1 Å². The molecule has 0 unspecified atom stereocenters. The molecule has 0 heterocycles. The fourth-order valence-corrected chi connectivity index (χ4v) is 1.84. The molecule has 2 rings (SSSR count). The van der Waals surface area contributed by atoms with Crippen LogP contribution in [0.15, 0.2) is 36.4 Å². The molecule has 0 aliphatic heterocycles. The van der Waals surface area contributed by atoms with Crippen molar-refractivity contribution in [2.45, 2.75) is 6.92 Å². The van der Waals surface area contributed by atoms with Crippen LogP contribution in [0.2, 0.25) is 0 Å². The zero-order valence-electron chi connectivity index (χ0n) is 11.2. The second-order valence-corrected chi connectivity index (χ2v) is 4.33. The SMILES string of the molecule is COc1cc(Nc2ccc(N)c(C(C)=O)c2)ccc1F. The second kappa shape index (κ2) is 5.61. The summed E-state index contributed by atoms with van der Waals surface area (Å²) in [6.45, 7) is 1.45. The summed E-state index contributed by atoms with van der Waals surface area (Å²) in [5.74, 6) is -0.389. The van der Waals surface area contributed by atoms with E-state index in [2.05, 4.69) is 5.32 Å². The maximum atomic E-state index is 13.3. The lowest BCUT2D eigenvalue weighted by molar-refractivity contribution is 0.101. The molecule has 5 heteroatoms. The van der Waals surface area contributed by atoms with Crippen LogP contribution in [0, 0.1) is 5.82 Å². The van der Waals surface area contributed by atoms with E-state index < -0.39 is 5.82 Å². The molecule has 0 amide bonds. The van der Waals surface area contributed by atoms with Gasteiger partial charge in [0.15, 0.2) is 17.3 Å². The van der Waals surface area contributed by atoms with E-state index in [1.54, 1.807) is 30.3 Å². The highest BCUT2D eigenvalue weighted by Crippen LogP contribution is 2.26. The Balaban J connectivity index is 2.30. The summed E-state index contributed by atoms with van der Waals surface area (Å²) in [6, 6.07) is 9.50. The lowest BCUT2D eigenvalue weighted by Gasteiger charge is -2.10. The van der Waals surface area contributed by atoms with E-state index in [1.807, 2.05) is 0 Å². The van der Waals surface area contributed by atoms with Crippen molar-refractivity contribution in [3.63, 3.8) is 0 Å². The highest BCUT2D eigenvalue weighted by atomic mass is 19.1. The molecule has 0 atom stereocenters. The number of nitrogen functional groups attached to an aromatic ring is 1. The summed E-state index contributed by atoms with van der Waals surface area (Å²) in [5.41, 5.74) is 7.96. The highest BCUT2D eigenvalue weighted by molar-refractivity contribution is 6.00. The van der Waals surface area contributed by atoms with Gasteiger partial charge in [0, 0.05) is 28.7 Å². The molecule has 2 aromatic carbocycles. The van der Waals surface area contributed by atoms with Gasteiger partial charge < -0.3 is 15.8 Å². The van der Waals surface area contributed by atoms with Crippen molar-refractivity contribution in [1.29, 1.82) is 0 Å². The molecule has 0 bridgehead atoms. The zero-order valence-corrected chi connectivity index (χ0v) is 11.2. The van der Waals surface area contributed by atoms with E-state index in [0.29, 0.717) is 22.6 Å². The average molecular weight is 274 g/mol. The Morgan fingerprint density at radius 2 is 1.85 bits per heavy atom. The quantitative estimate of drug-likeness (QED) is 0.662. The first kappa shape index (κ1) is 13.9. The lowest BCUT2D eigenvalue weighted by Crippen LogP contribution is -2.01. The van der Waals surface area contributed by atoms with Crippen molar-refractivity contribution < 1.29 is 13.9 Å². The Hall–Kier alpha value is -2.56. The number of Topliss-reactive ketones (excluding diaryl/α,β-unsaturated/α-hetero) is 1. The molecule has 20 heavy (non-hydrogen) atoms. The molecule has 0 aliphatic rings. The van der Waals surface area contributed by atoms with Gasteiger partial charge in [-0.1, -0.05) is 0 Å². The molecular formula is C15H15FN2O2. The van der Waals surface area contributed by atoms with Gasteiger partial charge in [-0.2, -0.15) is 0 Å². The van der Waals surface area contributed by atoms with E-state index >= 15 is 0 Å². The molecule has 0 fully saturated rings. The summed E-state index contributed by atoms with van der Waals surface area (Å²) in [4.78, 5) is 11.4. The predicted molar refractivity (Wildman–Crippen MR) is 77.1 cm³/mol. The minimum Gasteiger partial charge on any atom is -0.494 e. The summed E-state index contributed by atoms with van der Waals surface area (Å²) >= 11 is 0. The molecule has 4 nitrogen and oxygen atoms in total. The minimum absolute atomic E-state index is 0.108. The van der Waals surface area contributed by atoms with Crippen molar-refractivity contribution in [2.75, 3.05) is 18.2 Å². The molecule has 0 spiro atoms. The van der Waals surface area contributed by atoms with Gasteiger partial charge in [0.2, 0.25) is 0 Å². The molecule has 0 aliphatic carbocycles. The first-order valence-corrected chi connectivity index (χ1v) is 6.02. The van der Waals surface area contributed by atoms with Gasteiger partial charge in [-0.05, 0) is 37.3 Å². The highest BCUT2D eigenvalue weighted by Gasteiger charge is 2.07.